The van der Waals surface area contributed by atoms with E-state index in [-0.39, 0.29) is 29.3 Å². The highest BCUT2D eigenvalue weighted by molar-refractivity contribution is 7.89. The molecule has 1 aromatic rings. The van der Waals surface area contributed by atoms with E-state index in [1.165, 1.54) is 23.5 Å². The third-order valence-electron chi connectivity index (χ3n) is 5.43. The molecule has 0 saturated carbocycles. The van der Waals surface area contributed by atoms with Gasteiger partial charge in [-0.2, -0.15) is 4.31 Å². The number of carbonyl (C=O) groups is 1. The molecule has 2 heterocycles. The summed E-state index contributed by atoms with van der Waals surface area (Å²) in [5.41, 5.74) is 6.22. The van der Waals surface area contributed by atoms with Gasteiger partial charge in [-0.15, -0.1) is 12.4 Å². The van der Waals surface area contributed by atoms with E-state index in [0.29, 0.717) is 37.5 Å². The molecule has 158 valence electrons. The molecule has 2 saturated heterocycles. The van der Waals surface area contributed by atoms with E-state index in [4.69, 9.17) is 10.5 Å². The summed E-state index contributed by atoms with van der Waals surface area (Å²) >= 11 is 0. The molecule has 0 radical (unpaired) electrons. The largest absolute Gasteiger partial charge is 0.496 e. The highest BCUT2D eigenvalue weighted by Gasteiger charge is 2.29. The van der Waals surface area contributed by atoms with Crippen LogP contribution in [0.15, 0.2) is 23.1 Å². The van der Waals surface area contributed by atoms with Gasteiger partial charge in [-0.3, -0.25) is 4.79 Å². The highest BCUT2D eigenvalue weighted by atomic mass is 35.5. The molecule has 9 heteroatoms. The molecular weight excluding hydrogens is 402 g/mol. The first kappa shape index (κ1) is 22.9. The zero-order valence-electron chi connectivity index (χ0n) is 16.3. The monoisotopic (exact) mass is 431 g/mol. The van der Waals surface area contributed by atoms with Crippen molar-refractivity contribution in [2.24, 2.45) is 5.73 Å². The Kier molecular flexibility index (Phi) is 8.12. The zero-order chi connectivity index (χ0) is 19.4. The number of rotatable bonds is 4. The van der Waals surface area contributed by atoms with Crippen molar-refractivity contribution in [2.75, 3.05) is 33.3 Å². The second kappa shape index (κ2) is 9.91. The first-order valence-electron chi connectivity index (χ1n) is 9.66. The van der Waals surface area contributed by atoms with Crippen LogP contribution >= 0.6 is 12.4 Å². The van der Waals surface area contributed by atoms with Gasteiger partial charge in [0.15, 0.2) is 0 Å². The fraction of sp³-hybridized carbons (Fsp3) is 0.632. The molecule has 7 nitrogen and oxygen atoms in total. The van der Waals surface area contributed by atoms with E-state index in [2.05, 4.69) is 0 Å². The summed E-state index contributed by atoms with van der Waals surface area (Å²) in [5.74, 6) is 0.191. The van der Waals surface area contributed by atoms with Gasteiger partial charge in [-0.25, -0.2) is 8.42 Å². The molecule has 0 aromatic heterocycles. The molecule has 0 aliphatic carbocycles. The maximum Gasteiger partial charge on any atom is 0.257 e. The normalized spacial score (nSPS) is 19.6. The van der Waals surface area contributed by atoms with E-state index < -0.39 is 10.0 Å². The number of methoxy groups -OCH3 is 1. The fourth-order valence-corrected chi connectivity index (χ4v) is 5.26. The Labute approximate surface area is 173 Å². The predicted octanol–water partition coefficient (Wildman–Crippen LogP) is 2.25. The van der Waals surface area contributed by atoms with Crippen molar-refractivity contribution in [2.45, 2.75) is 49.5 Å². The number of halogens is 1. The fourth-order valence-electron chi connectivity index (χ4n) is 3.72. The predicted molar refractivity (Wildman–Crippen MR) is 111 cm³/mol. The number of benzene rings is 1. The Balaban J connectivity index is 0.00000280. The number of carbonyl (C=O) groups excluding carboxylic acids is 1. The molecule has 0 spiro atoms. The minimum atomic E-state index is -3.62. The number of nitrogens with two attached hydrogens (primary N) is 1. The standard InChI is InChI=1S/C19H29N3O4S.ClH/c1-26-18-7-6-16(27(24,25)22-10-4-2-3-5-11-22)14-17(18)19(23)21-12-8-15(20)9-13-21;/h6-7,14-15H,2-5,8-13,20H2,1H3;1H. The van der Waals surface area contributed by atoms with Crippen LogP contribution in [-0.4, -0.2) is 62.9 Å². The Morgan fingerprint density at radius 3 is 2.25 bits per heavy atom. The number of piperidine rings is 1. The molecule has 0 unspecified atom stereocenters. The van der Waals surface area contributed by atoms with Crippen LogP contribution in [0.3, 0.4) is 0 Å². The molecular formula is C19H30ClN3O4S. The van der Waals surface area contributed by atoms with Crippen LogP contribution in [0.4, 0.5) is 0 Å². The first-order chi connectivity index (χ1) is 12.9. The van der Waals surface area contributed by atoms with Gasteiger partial charge in [-0.05, 0) is 43.9 Å². The Bertz CT molecular complexity index is 771. The van der Waals surface area contributed by atoms with Gasteiger partial charge < -0.3 is 15.4 Å². The number of sulfonamides is 1. The van der Waals surface area contributed by atoms with Crippen molar-refractivity contribution < 1.29 is 17.9 Å². The van der Waals surface area contributed by atoms with Gasteiger partial charge >= 0.3 is 0 Å². The SMILES string of the molecule is COc1ccc(S(=O)(=O)N2CCCCCC2)cc1C(=O)N1CCC(N)CC1.Cl. The lowest BCUT2D eigenvalue weighted by atomic mass is 10.0. The van der Waals surface area contributed by atoms with Crippen molar-refractivity contribution in [1.82, 2.24) is 9.21 Å². The molecule has 2 aliphatic rings. The molecule has 0 atom stereocenters. The summed E-state index contributed by atoms with van der Waals surface area (Å²) in [6, 6.07) is 4.69. The second-order valence-electron chi connectivity index (χ2n) is 7.31. The van der Waals surface area contributed by atoms with Gasteiger partial charge in [0.1, 0.15) is 5.75 Å². The van der Waals surface area contributed by atoms with Crippen LogP contribution in [0.1, 0.15) is 48.9 Å². The molecule has 2 fully saturated rings. The maximum atomic E-state index is 13.1. The van der Waals surface area contributed by atoms with E-state index in [1.807, 2.05) is 0 Å². The summed E-state index contributed by atoms with van der Waals surface area (Å²) in [5, 5.41) is 0. The van der Waals surface area contributed by atoms with Gasteiger partial charge in [0, 0.05) is 32.2 Å². The molecule has 1 aromatic carbocycles. The van der Waals surface area contributed by atoms with Crippen molar-refractivity contribution in [3.05, 3.63) is 23.8 Å². The number of ether oxygens (including phenoxy) is 1. The Morgan fingerprint density at radius 1 is 1.07 bits per heavy atom. The minimum Gasteiger partial charge on any atom is -0.496 e. The van der Waals surface area contributed by atoms with Crippen molar-refractivity contribution in [3.63, 3.8) is 0 Å². The maximum absolute atomic E-state index is 13.1. The third kappa shape index (κ3) is 4.97. The molecule has 1 amide bonds. The van der Waals surface area contributed by atoms with Crippen molar-refractivity contribution in [1.29, 1.82) is 0 Å². The van der Waals surface area contributed by atoms with Gasteiger partial charge in [0.25, 0.3) is 5.91 Å². The Morgan fingerprint density at radius 2 is 1.68 bits per heavy atom. The lowest BCUT2D eigenvalue weighted by Crippen LogP contribution is -2.43. The highest BCUT2D eigenvalue weighted by Crippen LogP contribution is 2.28. The van der Waals surface area contributed by atoms with Crippen molar-refractivity contribution in [3.8, 4) is 5.75 Å². The zero-order valence-corrected chi connectivity index (χ0v) is 17.9. The first-order valence-corrected chi connectivity index (χ1v) is 11.1. The average molecular weight is 432 g/mol. The van der Waals surface area contributed by atoms with Crippen LogP contribution in [0.5, 0.6) is 5.75 Å². The number of likely N-dealkylation sites (tertiary alicyclic amines) is 1. The summed E-state index contributed by atoms with van der Waals surface area (Å²) in [6.07, 6.45) is 5.34. The third-order valence-corrected chi connectivity index (χ3v) is 7.33. The molecule has 0 bridgehead atoms. The van der Waals surface area contributed by atoms with Gasteiger partial charge in [0.05, 0.1) is 17.6 Å². The summed E-state index contributed by atoms with van der Waals surface area (Å²) in [6.45, 7) is 2.21. The average Bonchev–Trinajstić information content (AvgIpc) is 2.97. The summed E-state index contributed by atoms with van der Waals surface area (Å²) in [7, 11) is -2.13. The minimum absolute atomic E-state index is 0. The second-order valence-corrected chi connectivity index (χ2v) is 9.25. The molecule has 3 rings (SSSR count). The van der Waals surface area contributed by atoms with Crippen molar-refractivity contribution >= 4 is 28.3 Å². The lowest BCUT2D eigenvalue weighted by Gasteiger charge is -2.30. The van der Waals surface area contributed by atoms with Gasteiger partial charge in [0.2, 0.25) is 10.0 Å². The smallest absolute Gasteiger partial charge is 0.257 e. The molecule has 2 N–H and O–H groups in total. The van der Waals surface area contributed by atoms with Crippen LogP contribution in [0.2, 0.25) is 0 Å². The van der Waals surface area contributed by atoms with E-state index in [1.54, 1.807) is 11.0 Å². The van der Waals surface area contributed by atoms with E-state index in [9.17, 15) is 13.2 Å². The summed E-state index contributed by atoms with van der Waals surface area (Å²) < 4.78 is 33.0. The topological polar surface area (TPSA) is 92.9 Å². The van der Waals surface area contributed by atoms with Gasteiger partial charge in [-0.1, -0.05) is 12.8 Å². The lowest BCUT2D eigenvalue weighted by molar-refractivity contribution is 0.0711. The Hall–Kier alpha value is -1.35. The van der Waals surface area contributed by atoms with Crippen LogP contribution in [-0.2, 0) is 10.0 Å². The number of hydrogen-bond donors (Lipinski definition) is 1. The van der Waals surface area contributed by atoms with Crippen LogP contribution in [0.25, 0.3) is 0 Å². The van der Waals surface area contributed by atoms with Crippen LogP contribution < -0.4 is 10.5 Å². The van der Waals surface area contributed by atoms with E-state index in [0.717, 1.165) is 38.5 Å². The number of nitrogens with zero attached hydrogens (tertiary/aromatic N) is 2. The number of amides is 1. The van der Waals surface area contributed by atoms with E-state index >= 15 is 0 Å². The number of hydrogen-bond acceptors (Lipinski definition) is 5. The molecule has 2 aliphatic heterocycles. The van der Waals surface area contributed by atoms with Crippen LogP contribution in [0, 0.1) is 0 Å². The molecule has 28 heavy (non-hydrogen) atoms. The summed E-state index contributed by atoms with van der Waals surface area (Å²) in [4.78, 5) is 14.9. The quantitative estimate of drug-likeness (QED) is 0.789.